The first-order valence-corrected chi connectivity index (χ1v) is 19.0. The number of aromatic hydroxyl groups is 1. The molecule has 8 atom stereocenters. The van der Waals surface area contributed by atoms with Gasteiger partial charge in [-0.25, -0.2) is 0 Å². The zero-order chi connectivity index (χ0) is 39.2. The van der Waals surface area contributed by atoms with Crippen molar-refractivity contribution in [1.82, 2.24) is 26.2 Å². The number of likely N-dealkylation sites (N-methyl/N-ethyl adjacent to an activating group) is 1. The minimum absolute atomic E-state index is 0.0456. The second-order valence-electron chi connectivity index (χ2n) is 15.0. The Kier molecular flexibility index (Phi) is 13.3. The van der Waals surface area contributed by atoms with Crippen molar-refractivity contribution in [3.63, 3.8) is 0 Å². The lowest BCUT2D eigenvalue weighted by atomic mass is 9.95. The number of carbonyl (C=O) groups excluding carboxylic acids is 4. The molecule has 0 radical (unpaired) electrons. The number of aliphatic hydroxyl groups excluding tert-OH is 1. The van der Waals surface area contributed by atoms with Gasteiger partial charge in [0.05, 0.1) is 12.1 Å². The number of nitrogens with two attached hydrogens (primary N) is 5. The van der Waals surface area contributed by atoms with E-state index in [4.69, 9.17) is 28.7 Å². The molecule has 296 valence electrons. The normalized spacial score (nSPS) is 27.1. The topological polar surface area (TPSA) is 290 Å². The number of phenols is 1. The van der Waals surface area contributed by atoms with E-state index in [0.717, 1.165) is 16.7 Å². The molecule has 0 aromatic heterocycles. The summed E-state index contributed by atoms with van der Waals surface area (Å²) in [5.74, 6) is -2.41. The predicted octanol–water partition coefficient (Wildman–Crippen LogP) is -1.52. The molecule has 0 saturated heterocycles. The Bertz CT molecular complexity index is 1680. The summed E-state index contributed by atoms with van der Waals surface area (Å²) >= 11 is 0. The molecule has 16 N–H and O–H groups in total. The first kappa shape index (κ1) is 41.0. The summed E-state index contributed by atoms with van der Waals surface area (Å²) in [4.78, 5) is 55.7. The van der Waals surface area contributed by atoms with E-state index in [1.165, 1.54) is 0 Å². The lowest BCUT2D eigenvalue weighted by Crippen LogP contribution is -2.62. The first-order chi connectivity index (χ1) is 25.8. The molecule has 2 aromatic rings. The van der Waals surface area contributed by atoms with Crippen molar-refractivity contribution in [2.24, 2.45) is 28.7 Å². The van der Waals surface area contributed by atoms with Crippen LogP contribution in [-0.4, -0.2) is 114 Å². The molecule has 1 unspecified atom stereocenters. The summed E-state index contributed by atoms with van der Waals surface area (Å²) in [7, 11) is 1.65. The molecular weight excluding hydrogens is 692 g/mol. The zero-order valence-corrected chi connectivity index (χ0v) is 31.1. The number of fused-ring (bicyclic) bond motifs is 9. The Hall–Kier alpha value is -4.16. The second kappa shape index (κ2) is 17.5. The van der Waals surface area contributed by atoms with Crippen molar-refractivity contribution < 1.29 is 29.4 Å². The predicted molar refractivity (Wildman–Crippen MR) is 204 cm³/mol. The van der Waals surface area contributed by atoms with Gasteiger partial charge < -0.3 is 60.1 Å². The van der Waals surface area contributed by atoms with Crippen LogP contribution in [0.5, 0.6) is 5.75 Å². The smallest absolute Gasteiger partial charge is 0.242 e. The highest BCUT2D eigenvalue weighted by molar-refractivity contribution is 5.96. The van der Waals surface area contributed by atoms with Gasteiger partial charge in [-0.3, -0.25) is 24.1 Å². The number of rotatable bonds is 16. The van der Waals surface area contributed by atoms with Crippen LogP contribution in [0.2, 0.25) is 0 Å². The van der Waals surface area contributed by atoms with E-state index in [2.05, 4.69) is 21.3 Å². The van der Waals surface area contributed by atoms with E-state index in [1.807, 2.05) is 30.3 Å². The molecule has 2 aromatic carbocycles. The fourth-order valence-electron chi connectivity index (χ4n) is 7.74. The van der Waals surface area contributed by atoms with Crippen LogP contribution in [0, 0.1) is 0 Å². The highest BCUT2D eigenvalue weighted by Gasteiger charge is 2.65. The van der Waals surface area contributed by atoms with Crippen LogP contribution < -0.4 is 49.9 Å². The molecule has 4 amide bonds. The van der Waals surface area contributed by atoms with E-state index in [0.29, 0.717) is 76.7 Å². The summed E-state index contributed by atoms with van der Waals surface area (Å²) in [6.07, 6.45) is 1.60. The Morgan fingerprint density at radius 1 is 0.926 bits per heavy atom. The first-order valence-electron chi connectivity index (χ1n) is 19.0. The molecule has 3 aliphatic rings. The highest BCUT2D eigenvalue weighted by Crippen LogP contribution is 2.57. The van der Waals surface area contributed by atoms with Crippen LogP contribution in [0.4, 0.5) is 0 Å². The lowest BCUT2D eigenvalue weighted by Gasteiger charge is -2.38. The fraction of sp³-hybridized carbons (Fsp3) is 0.579. The summed E-state index contributed by atoms with van der Waals surface area (Å²) in [6.45, 7) is 1.47. The molecule has 2 aliphatic carbocycles. The number of aliphatic hydroxyl groups is 1. The molecular formula is C38H58N10O6. The molecule has 16 nitrogen and oxygen atoms in total. The quantitative estimate of drug-likeness (QED) is 0.0873. The Balaban J connectivity index is 1.43. The third-order valence-electron chi connectivity index (χ3n) is 11.3. The standard InChI is InChI=1S/C38H58N10O6/c1-48-34(52)30(10-4-14-40)47-35(53)37(43)20-27(37)25-19-23(11-12-31(25)49)22-6-2-7-24(18-22)26-21-38(26,48)36(54)46-29(9-3-13-39)33(51)44-16-5-8-28(42)32(50)45-17-15-41/h2,6-7,11-12,18-19,26-30,34,49,52H,3-5,8-10,13-17,20-21,39-43H2,1H3,(H,44,51)(H,45,50)(H,46,54)(H,47,53)/t26-,27+,28+,29-,30+,34?,37-,38-/m1/s1. The average Bonchev–Trinajstić information content (AvgIpc) is 4.09. The Morgan fingerprint density at radius 3 is 2.37 bits per heavy atom. The van der Waals surface area contributed by atoms with Gasteiger partial charge in [0.15, 0.2) is 0 Å². The number of nitrogens with one attached hydrogen (secondary N) is 4. The van der Waals surface area contributed by atoms with Crippen LogP contribution in [0.25, 0.3) is 11.1 Å². The maximum atomic E-state index is 14.6. The van der Waals surface area contributed by atoms with Crippen molar-refractivity contribution in [3.8, 4) is 16.9 Å². The van der Waals surface area contributed by atoms with Gasteiger partial charge >= 0.3 is 0 Å². The van der Waals surface area contributed by atoms with Crippen LogP contribution >= 0.6 is 0 Å². The monoisotopic (exact) mass is 750 g/mol. The molecule has 1 heterocycles. The van der Waals surface area contributed by atoms with Crippen LogP contribution in [-0.2, 0) is 19.2 Å². The van der Waals surface area contributed by atoms with Gasteiger partial charge in [0, 0.05) is 37.0 Å². The molecule has 5 rings (SSSR count). The van der Waals surface area contributed by atoms with E-state index < -0.39 is 59.1 Å². The van der Waals surface area contributed by atoms with Crippen molar-refractivity contribution in [2.75, 3.05) is 39.8 Å². The van der Waals surface area contributed by atoms with Gasteiger partial charge in [-0.1, -0.05) is 30.3 Å². The SMILES string of the molecule is CN1C(O)[C@H](CCCN)NC(=O)[C@@]2(N)C[C@H]2c2cc(ccc2O)-c2cccc(c2)[C@H]2C[C@]21C(=O)N[C@H](CCCN)C(=O)NCCC[C@H](N)C(=O)NCCN. The zero-order valence-electron chi connectivity index (χ0n) is 31.1. The van der Waals surface area contributed by atoms with E-state index in [9.17, 15) is 29.4 Å². The molecule has 2 saturated carbocycles. The minimum atomic E-state index is -1.33. The van der Waals surface area contributed by atoms with Gasteiger partial charge in [-0.2, -0.15) is 0 Å². The van der Waals surface area contributed by atoms with Gasteiger partial charge in [-0.15, -0.1) is 0 Å². The minimum Gasteiger partial charge on any atom is -0.508 e. The van der Waals surface area contributed by atoms with Crippen LogP contribution in [0.15, 0.2) is 42.5 Å². The number of benzene rings is 2. The summed E-state index contributed by atoms with van der Waals surface area (Å²) < 4.78 is 0. The lowest BCUT2D eigenvalue weighted by molar-refractivity contribution is -0.139. The van der Waals surface area contributed by atoms with Crippen LogP contribution in [0.3, 0.4) is 0 Å². The van der Waals surface area contributed by atoms with Gasteiger partial charge in [0.2, 0.25) is 23.6 Å². The summed E-state index contributed by atoms with van der Waals surface area (Å²) in [5, 5.41) is 34.3. The Morgan fingerprint density at radius 2 is 1.65 bits per heavy atom. The maximum Gasteiger partial charge on any atom is 0.242 e. The van der Waals surface area contributed by atoms with Crippen LogP contribution in [0.1, 0.15) is 74.3 Å². The number of nitrogens with zero attached hydrogens (tertiary/aromatic N) is 1. The molecule has 1 aliphatic heterocycles. The molecule has 54 heavy (non-hydrogen) atoms. The summed E-state index contributed by atoms with van der Waals surface area (Å²) in [5.41, 5.74) is 30.2. The average molecular weight is 751 g/mol. The number of carbonyl (C=O) groups is 4. The third-order valence-corrected chi connectivity index (χ3v) is 11.3. The molecule has 2 fully saturated rings. The number of hydrogen-bond donors (Lipinski definition) is 11. The summed E-state index contributed by atoms with van der Waals surface area (Å²) in [6, 6.07) is 10.5. The Labute approximate surface area is 316 Å². The number of amides is 4. The van der Waals surface area contributed by atoms with E-state index >= 15 is 0 Å². The highest BCUT2D eigenvalue weighted by atomic mass is 16.3. The fourth-order valence-corrected chi connectivity index (χ4v) is 7.74. The van der Waals surface area contributed by atoms with Gasteiger partial charge in [0.1, 0.15) is 29.1 Å². The third kappa shape index (κ3) is 8.70. The molecule has 4 bridgehead atoms. The second-order valence-corrected chi connectivity index (χ2v) is 15.0. The van der Waals surface area contributed by atoms with Crippen molar-refractivity contribution in [2.45, 2.75) is 98.6 Å². The van der Waals surface area contributed by atoms with Crippen molar-refractivity contribution in [3.05, 3.63) is 53.6 Å². The molecule has 16 heteroatoms. The number of phenolic OH excluding ortho intramolecular Hbond substituents is 1. The van der Waals surface area contributed by atoms with E-state index in [1.54, 1.807) is 24.1 Å². The van der Waals surface area contributed by atoms with Gasteiger partial charge in [-0.05, 0) is 100 Å². The number of hydrogen-bond acceptors (Lipinski definition) is 12. The maximum absolute atomic E-state index is 14.6. The van der Waals surface area contributed by atoms with Crippen molar-refractivity contribution >= 4 is 23.6 Å². The van der Waals surface area contributed by atoms with E-state index in [-0.39, 0.29) is 30.5 Å². The largest absolute Gasteiger partial charge is 0.508 e. The van der Waals surface area contributed by atoms with Gasteiger partial charge in [0.25, 0.3) is 0 Å². The van der Waals surface area contributed by atoms with Crippen molar-refractivity contribution in [1.29, 1.82) is 0 Å². The molecule has 0 spiro atoms.